The zero-order valence-electron chi connectivity index (χ0n) is 8.43. The summed E-state index contributed by atoms with van der Waals surface area (Å²) in [7, 11) is 0. The smallest absolute Gasteiger partial charge is 0.0695 e. The molecule has 3 atom stereocenters. The van der Waals surface area contributed by atoms with Gasteiger partial charge in [0, 0.05) is 12.6 Å². The summed E-state index contributed by atoms with van der Waals surface area (Å²) < 4.78 is 5.31. The van der Waals surface area contributed by atoms with Crippen LogP contribution in [0.5, 0.6) is 0 Å². The van der Waals surface area contributed by atoms with Crippen molar-refractivity contribution in [3.63, 3.8) is 0 Å². The highest BCUT2D eigenvalue weighted by Gasteiger charge is 2.35. The molecule has 4 nitrogen and oxygen atoms in total. The van der Waals surface area contributed by atoms with Crippen LogP contribution in [0.2, 0.25) is 0 Å². The molecule has 82 valence electrons. The largest absolute Gasteiger partial charge is 0.395 e. The van der Waals surface area contributed by atoms with E-state index < -0.39 is 0 Å². The Balaban J connectivity index is 1.99. The van der Waals surface area contributed by atoms with Crippen molar-refractivity contribution in [1.29, 1.82) is 0 Å². The Bertz CT molecular complexity index is 188. The molecule has 14 heavy (non-hydrogen) atoms. The summed E-state index contributed by atoms with van der Waals surface area (Å²) in [5.41, 5.74) is 0. The molecule has 2 rings (SSSR count). The molecule has 1 unspecified atom stereocenters. The monoisotopic (exact) mass is 201 g/mol. The van der Waals surface area contributed by atoms with Crippen molar-refractivity contribution in [2.24, 2.45) is 0 Å². The molecule has 1 saturated carbocycles. The maximum atomic E-state index is 9.79. The molecule has 2 fully saturated rings. The second-order valence-electron chi connectivity index (χ2n) is 4.21. The number of hydrogen-bond acceptors (Lipinski definition) is 4. The van der Waals surface area contributed by atoms with Gasteiger partial charge in [0.05, 0.1) is 32.0 Å². The third-order valence-electron chi connectivity index (χ3n) is 3.35. The van der Waals surface area contributed by atoms with Crippen LogP contribution >= 0.6 is 0 Å². The maximum absolute atomic E-state index is 9.79. The van der Waals surface area contributed by atoms with Crippen molar-refractivity contribution in [2.45, 2.75) is 37.5 Å². The number of aliphatic hydroxyl groups excluding tert-OH is 2. The van der Waals surface area contributed by atoms with Crippen LogP contribution in [0, 0.1) is 0 Å². The van der Waals surface area contributed by atoms with E-state index in [1.807, 2.05) is 0 Å². The molecule has 0 aromatic rings. The lowest BCUT2D eigenvalue weighted by Crippen LogP contribution is -2.54. The van der Waals surface area contributed by atoms with Crippen LogP contribution in [0.25, 0.3) is 0 Å². The summed E-state index contributed by atoms with van der Waals surface area (Å²) in [5.74, 6) is 0. The van der Waals surface area contributed by atoms with Crippen molar-refractivity contribution in [3.8, 4) is 0 Å². The van der Waals surface area contributed by atoms with Gasteiger partial charge in [-0.2, -0.15) is 0 Å². The molecule has 0 radical (unpaired) electrons. The van der Waals surface area contributed by atoms with Gasteiger partial charge in [0.1, 0.15) is 0 Å². The van der Waals surface area contributed by atoms with E-state index in [9.17, 15) is 10.2 Å². The molecular formula is C10H19NO3. The van der Waals surface area contributed by atoms with Crippen molar-refractivity contribution >= 4 is 0 Å². The van der Waals surface area contributed by atoms with Crippen LogP contribution in [0.1, 0.15) is 19.3 Å². The zero-order chi connectivity index (χ0) is 9.97. The summed E-state index contributed by atoms with van der Waals surface area (Å²) in [6, 6.07) is 0.331. The molecule has 0 amide bonds. The van der Waals surface area contributed by atoms with Gasteiger partial charge in [0.15, 0.2) is 0 Å². The molecule has 1 saturated heterocycles. The lowest BCUT2D eigenvalue weighted by molar-refractivity contribution is -0.0658. The van der Waals surface area contributed by atoms with E-state index in [0.29, 0.717) is 6.61 Å². The topological polar surface area (TPSA) is 52.9 Å². The molecule has 2 N–H and O–H groups in total. The molecule has 0 spiro atoms. The maximum Gasteiger partial charge on any atom is 0.0695 e. The van der Waals surface area contributed by atoms with E-state index in [-0.39, 0.29) is 24.8 Å². The van der Waals surface area contributed by atoms with Crippen molar-refractivity contribution in [2.75, 3.05) is 26.4 Å². The number of ether oxygens (including phenoxy) is 1. The molecule has 0 bridgehead atoms. The highest BCUT2D eigenvalue weighted by molar-refractivity contribution is 4.89. The fraction of sp³-hybridized carbons (Fsp3) is 1.00. The molecule has 1 aliphatic heterocycles. The van der Waals surface area contributed by atoms with Crippen molar-refractivity contribution in [1.82, 2.24) is 4.90 Å². The Kier molecular flexibility index (Phi) is 3.38. The first-order chi connectivity index (χ1) is 6.83. The molecule has 1 heterocycles. The first-order valence-corrected chi connectivity index (χ1v) is 5.45. The summed E-state index contributed by atoms with van der Waals surface area (Å²) in [6.45, 7) is 2.29. The van der Waals surface area contributed by atoms with E-state index in [1.165, 1.54) is 0 Å². The van der Waals surface area contributed by atoms with Crippen LogP contribution < -0.4 is 0 Å². The fourth-order valence-electron chi connectivity index (χ4n) is 2.57. The summed E-state index contributed by atoms with van der Waals surface area (Å²) in [5, 5.41) is 19.0. The molecule has 0 aromatic heterocycles. The second kappa shape index (κ2) is 4.57. The van der Waals surface area contributed by atoms with Gasteiger partial charge in [-0.05, 0) is 19.3 Å². The molecular weight excluding hydrogens is 182 g/mol. The van der Waals surface area contributed by atoms with Crippen LogP contribution in [-0.4, -0.2) is 59.7 Å². The Hall–Kier alpha value is -0.160. The third kappa shape index (κ3) is 1.93. The second-order valence-corrected chi connectivity index (χ2v) is 4.21. The molecule has 4 heteroatoms. The van der Waals surface area contributed by atoms with Gasteiger partial charge in [0.25, 0.3) is 0 Å². The summed E-state index contributed by atoms with van der Waals surface area (Å²) >= 11 is 0. The lowest BCUT2D eigenvalue weighted by Gasteiger charge is -2.39. The number of aliphatic hydroxyl groups is 2. The zero-order valence-corrected chi connectivity index (χ0v) is 8.43. The first-order valence-electron chi connectivity index (χ1n) is 5.45. The minimum Gasteiger partial charge on any atom is -0.395 e. The minimum absolute atomic E-state index is 0.0847. The SMILES string of the molecule is OCC1COCCN1[C@H]1CCC[C@@H]1O. The van der Waals surface area contributed by atoms with E-state index >= 15 is 0 Å². The number of rotatable bonds is 2. The van der Waals surface area contributed by atoms with E-state index in [2.05, 4.69) is 4.90 Å². The first kappa shape index (κ1) is 10.4. The van der Waals surface area contributed by atoms with Crippen LogP contribution in [0.4, 0.5) is 0 Å². The van der Waals surface area contributed by atoms with E-state index in [1.54, 1.807) is 0 Å². The number of hydrogen-bond donors (Lipinski definition) is 2. The average Bonchev–Trinajstić information content (AvgIpc) is 2.64. The number of morpholine rings is 1. The standard InChI is InChI=1S/C10H19NO3/c12-6-8-7-14-5-4-11(8)9-2-1-3-10(9)13/h8-10,12-13H,1-7H2/t8?,9-,10-/m0/s1. The van der Waals surface area contributed by atoms with Crippen LogP contribution in [-0.2, 0) is 4.74 Å². The Morgan fingerprint density at radius 3 is 2.86 bits per heavy atom. The average molecular weight is 201 g/mol. The molecule has 0 aromatic carbocycles. The van der Waals surface area contributed by atoms with Gasteiger partial charge >= 0.3 is 0 Å². The van der Waals surface area contributed by atoms with Crippen LogP contribution in [0.15, 0.2) is 0 Å². The molecule has 1 aliphatic carbocycles. The van der Waals surface area contributed by atoms with E-state index in [0.717, 1.165) is 32.4 Å². The summed E-state index contributed by atoms with van der Waals surface area (Å²) in [4.78, 5) is 2.22. The predicted octanol–water partition coefficient (Wildman–Crippen LogP) is -0.407. The van der Waals surface area contributed by atoms with E-state index in [4.69, 9.17) is 4.74 Å². The van der Waals surface area contributed by atoms with Gasteiger partial charge in [-0.15, -0.1) is 0 Å². The minimum atomic E-state index is -0.206. The van der Waals surface area contributed by atoms with Gasteiger partial charge in [-0.1, -0.05) is 0 Å². The highest BCUT2D eigenvalue weighted by atomic mass is 16.5. The van der Waals surface area contributed by atoms with Crippen LogP contribution in [0.3, 0.4) is 0 Å². The summed E-state index contributed by atoms with van der Waals surface area (Å²) in [6.07, 6.45) is 2.85. The number of nitrogens with zero attached hydrogens (tertiary/aromatic N) is 1. The van der Waals surface area contributed by atoms with Gasteiger partial charge < -0.3 is 14.9 Å². The fourth-order valence-corrected chi connectivity index (χ4v) is 2.57. The highest BCUT2D eigenvalue weighted by Crippen LogP contribution is 2.26. The van der Waals surface area contributed by atoms with Crippen molar-refractivity contribution in [3.05, 3.63) is 0 Å². The Labute approximate surface area is 84.5 Å². The normalized spacial score (nSPS) is 40.3. The Morgan fingerprint density at radius 1 is 1.36 bits per heavy atom. The Morgan fingerprint density at radius 2 is 2.21 bits per heavy atom. The third-order valence-corrected chi connectivity index (χ3v) is 3.35. The lowest BCUT2D eigenvalue weighted by atomic mass is 10.1. The van der Waals surface area contributed by atoms with Gasteiger partial charge in [-0.25, -0.2) is 0 Å². The van der Waals surface area contributed by atoms with Gasteiger partial charge in [0.2, 0.25) is 0 Å². The predicted molar refractivity (Wildman–Crippen MR) is 52.0 cm³/mol. The quantitative estimate of drug-likeness (QED) is 0.638. The molecule has 2 aliphatic rings. The van der Waals surface area contributed by atoms with Crippen molar-refractivity contribution < 1.29 is 14.9 Å². The van der Waals surface area contributed by atoms with Gasteiger partial charge in [-0.3, -0.25) is 4.90 Å².